The van der Waals surface area contributed by atoms with Crippen molar-refractivity contribution in [1.82, 2.24) is 0 Å². The van der Waals surface area contributed by atoms with E-state index in [1.54, 1.807) is 0 Å². The van der Waals surface area contributed by atoms with Gasteiger partial charge in [-0.05, 0) is 43.7 Å². The van der Waals surface area contributed by atoms with Gasteiger partial charge in [0.2, 0.25) is 0 Å². The molecule has 1 unspecified atom stereocenters. The van der Waals surface area contributed by atoms with Crippen LogP contribution in [0.25, 0.3) is 0 Å². The standard InChI is InChI=1S/C15H22O2/c1-11(2)17-10-15(16)14-8-4-7-13(9-14)12-5-3-6-12/h4,7-9,11-12,15-16H,3,5-6,10H2,1-2H3. The predicted octanol–water partition coefficient (Wildman–Crippen LogP) is 3.41. The second-order valence-electron chi connectivity index (χ2n) is 5.20. The Hall–Kier alpha value is -0.860. The lowest BCUT2D eigenvalue weighted by Gasteiger charge is -2.26. The van der Waals surface area contributed by atoms with Gasteiger partial charge in [0.1, 0.15) is 6.10 Å². The smallest absolute Gasteiger partial charge is 0.102 e. The lowest BCUT2D eigenvalue weighted by Crippen LogP contribution is -2.13. The molecule has 1 fully saturated rings. The zero-order valence-corrected chi connectivity index (χ0v) is 10.7. The van der Waals surface area contributed by atoms with Gasteiger partial charge in [0.15, 0.2) is 0 Å². The van der Waals surface area contributed by atoms with Gasteiger partial charge in [0, 0.05) is 0 Å². The van der Waals surface area contributed by atoms with E-state index >= 15 is 0 Å². The molecule has 2 rings (SSSR count). The van der Waals surface area contributed by atoms with Crippen molar-refractivity contribution in [3.8, 4) is 0 Å². The van der Waals surface area contributed by atoms with E-state index in [0.29, 0.717) is 12.5 Å². The number of hydrogen-bond acceptors (Lipinski definition) is 2. The van der Waals surface area contributed by atoms with Crippen molar-refractivity contribution in [3.63, 3.8) is 0 Å². The maximum absolute atomic E-state index is 10.0. The van der Waals surface area contributed by atoms with E-state index < -0.39 is 6.10 Å². The molecule has 1 aliphatic carbocycles. The highest BCUT2D eigenvalue weighted by Crippen LogP contribution is 2.36. The van der Waals surface area contributed by atoms with Crippen molar-refractivity contribution in [1.29, 1.82) is 0 Å². The SMILES string of the molecule is CC(C)OCC(O)c1cccc(C2CCC2)c1. The fourth-order valence-electron chi connectivity index (χ4n) is 2.14. The lowest BCUT2D eigenvalue weighted by atomic mass is 9.79. The van der Waals surface area contributed by atoms with Gasteiger partial charge in [0.25, 0.3) is 0 Å². The molecule has 1 N–H and O–H groups in total. The van der Waals surface area contributed by atoms with E-state index in [4.69, 9.17) is 4.74 Å². The zero-order valence-electron chi connectivity index (χ0n) is 10.7. The summed E-state index contributed by atoms with van der Waals surface area (Å²) in [6, 6.07) is 8.33. The predicted molar refractivity (Wildman–Crippen MR) is 69.1 cm³/mol. The fourth-order valence-corrected chi connectivity index (χ4v) is 2.14. The van der Waals surface area contributed by atoms with Gasteiger partial charge in [0.05, 0.1) is 12.7 Å². The largest absolute Gasteiger partial charge is 0.386 e. The Morgan fingerprint density at radius 2 is 2.12 bits per heavy atom. The quantitative estimate of drug-likeness (QED) is 0.846. The molecule has 0 heterocycles. The van der Waals surface area contributed by atoms with Crippen molar-refractivity contribution in [2.45, 2.75) is 51.2 Å². The van der Waals surface area contributed by atoms with Gasteiger partial charge < -0.3 is 9.84 Å². The Labute approximate surface area is 104 Å². The molecule has 1 aliphatic rings. The minimum atomic E-state index is -0.502. The van der Waals surface area contributed by atoms with Crippen LogP contribution in [0.1, 0.15) is 56.3 Å². The maximum atomic E-state index is 10.0. The van der Waals surface area contributed by atoms with Gasteiger partial charge in [-0.15, -0.1) is 0 Å². The van der Waals surface area contributed by atoms with Crippen LogP contribution in [0, 0.1) is 0 Å². The number of benzene rings is 1. The molecule has 17 heavy (non-hydrogen) atoms. The molecule has 0 aromatic heterocycles. The van der Waals surface area contributed by atoms with E-state index in [9.17, 15) is 5.11 Å². The van der Waals surface area contributed by atoms with Crippen LogP contribution in [0.3, 0.4) is 0 Å². The average Bonchev–Trinajstić information content (AvgIpc) is 2.24. The summed E-state index contributed by atoms with van der Waals surface area (Å²) in [5, 5.41) is 10.0. The Morgan fingerprint density at radius 1 is 1.35 bits per heavy atom. The minimum absolute atomic E-state index is 0.166. The molecule has 2 heteroatoms. The third-order valence-corrected chi connectivity index (χ3v) is 3.46. The average molecular weight is 234 g/mol. The first-order valence-electron chi connectivity index (χ1n) is 6.56. The molecule has 0 aliphatic heterocycles. The normalized spacial score (nSPS) is 18.1. The summed E-state index contributed by atoms with van der Waals surface area (Å²) >= 11 is 0. The van der Waals surface area contributed by atoms with Crippen LogP contribution in [0.2, 0.25) is 0 Å². The summed E-state index contributed by atoms with van der Waals surface area (Å²) in [5.74, 6) is 0.716. The number of rotatable bonds is 5. The first kappa shape index (κ1) is 12.6. The molecule has 1 atom stereocenters. The molecule has 0 amide bonds. The Balaban J connectivity index is 1.99. The highest BCUT2D eigenvalue weighted by molar-refractivity contribution is 5.29. The van der Waals surface area contributed by atoms with E-state index in [0.717, 1.165) is 5.56 Å². The Bertz CT molecular complexity index is 356. The zero-order chi connectivity index (χ0) is 12.3. The topological polar surface area (TPSA) is 29.5 Å². The van der Waals surface area contributed by atoms with E-state index in [2.05, 4.69) is 12.1 Å². The van der Waals surface area contributed by atoms with Crippen LogP contribution in [0.5, 0.6) is 0 Å². The summed E-state index contributed by atoms with van der Waals surface area (Å²) in [4.78, 5) is 0. The van der Waals surface area contributed by atoms with Crippen LogP contribution in [-0.2, 0) is 4.74 Å². The number of hydrogen-bond donors (Lipinski definition) is 1. The summed E-state index contributed by atoms with van der Waals surface area (Å²) < 4.78 is 5.45. The Morgan fingerprint density at radius 3 is 2.71 bits per heavy atom. The highest BCUT2D eigenvalue weighted by Gasteiger charge is 2.20. The second-order valence-corrected chi connectivity index (χ2v) is 5.20. The van der Waals surface area contributed by atoms with Gasteiger partial charge in [-0.2, -0.15) is 0 Å². The van der Waals surface area contributed by atoms with Crippen molar-refractivity contribution < 1.29 is 9.84 Å². The molecule has 2 nitrogen and oxygen atoms in total. The van der Waals surface area contributed by atoms with Crippen molar-refractivity contribution in [2.75, 3.05) is 6.61 Å². The van der Waals surface area contributed by atoms with Crippen LogP contribution < -0.4 is 0 Å². The third kappa shape index (κ3) is 3.30. The second kappa shape index (κ2) is 5.65. The number of ether oxygens (including phenoxy) is 1. The molecule has 1 saturated carbocycles. The van der Waals surface area contributed by atoms with Crippen molar-refractivity contribution >= 4 is 0 Å². The van der Waals surface area contributed by atoms with Crippen molar-refractivity contribution in [3.05, 3.63) is 35.4 Å². The minimum Gasteiger partial charge on any atom is -0.386 e. The third-order valence-electron chi connectivity index (χ3n) is 3.46. The monoisotopic (exact) mass is 234 g/mol. The molecule has 0 bridgehead atoms. The van der Waals surface area contributed by atoms with Crippen LogP contribution in [0.4, 0.5) is 0 Å². The first-order valence-corrected chi connectivity index (χ1v) is 6.56. The van der Waals surface area contributed by atoms with Crippen molar-refractivity contribution in [2.24, 2.45) is 0 Å². The summed E-state index contributed by atoms with van der Waals surface area (Å²) in [5.41, 5.74) is 2.35. The fraction of sp³-hybridized carbons (Fsp3) is 0.600. The summed E-state index contributed by atoms with van der Waals surface area (Å²) in [6.45, 7) is 4.35. The highest BCUT2D eigenvalue weighted by atomic mass is 16.5. The van der Waals surface area contributed by atoms with Gasteiger partial charge in [-0.3, -0.25) is 0 Å². The summed E-state index contributed by atoms with van der Waals surface area (Å²) in [7, 11) is 0. The number of aliphatic hydroxyl groups excluding tert-OH is 1. The molecule has 1 aromatic rings. The van der Waals surface area contributed by atoms with Gasteiger partial charge in [-0.1, -0.05) is 30.7 Å². The Kier molecular flexibility index (Phi) is 4.19. The van der Waals surface area contributed by atoms with E-state index in [-0.39, 0.29) is 6.10 Å². The molecule has 0 radical (unpaired) electrons. The van der Waals surface area contributed by atoms with Gasteiger partial charge in [-0.25, -0.2) is 0 Å². The molecule has 1 aromatic carbocycles. The van der Waals surface area contributed by atoms with E-state index in [1.807, 2.05) is 26.0 Å². The van der Waals surface area contributed by atoms with Gasteiger partial charge >= 0.3 is 0 Å². The van der Waals surface area contributed by atoms with Crippen LogP contribution in [-0.4, -0.2) is 17.8 Å². The summed E-state index contributed by atoms with van der Waals surface area (Å²) in [6.07, 6.45) is 3.59. The van der Waals surface area contributed by atoms with Crippen LogP contribution in [0.15, 0.2) is 24.3 Å². The van der Waals surface area contributed by atoms with Crippen LogP contribution >= 0.6 is 0 Å². The lowest BCUT2D eigenvalue weighted by molar-refractivity contribution is 0.00488. The number of aliphatic hydroxyl groups is 1. The molecule has 0 spiro atoms. The molecular formula is C15H22O2. The molecule has 0 saturated heterocycles. The maximum Gasteiger partial charge on any atom is 0.102 e. The molecule has 94 valence electrons. The van der Waals surface area contributed by atoms with E-state index in [1.165, 1.54) is 24.8 Å². The molecular weight excluding hydrogens is 212 g/mol. The first-order chi connectivity index (χ1) is 8.16.